The minimum Gasteiger partial charge on any atom is -0.346 e. The molecule has 4 heterocycles. The van der Waals surface area contributed by atoms with E-state index >= 15 is 0 Å². The first-order valence-corrected chi connectivity index (χ1v) is 10.9. The molecule has 0 radical (unpaired) electrons. The van der Waals surface area contributed by atoms with Crippen LogP contribution in [-0.2, 0) is 5.41 Å². The maximum atomic E-state index is 12.7. The summed E-state index contributed by atoms with van der Waals surface area (Å²) in [6, 6.07) is 10.6. The molecule has 0 bridgehead atoms. The monoisotopic (exact) mass is 408 g/mol. The van der Waals surface area contributed by atoms with Crippen LogP contribution in [0.1, 0.15) is 40.7 Å². The highest BCUT2D eigenvalue weighted by Gasteiger charge is 2.43. The highest BCUT2D eigenvalue weighted by Crippen LogP contribution is 2.46. The molecule has 0 atom stereocenters. The van der Waals surface area contributed by atoms with E-state index < -0.39 is 0 Å². The molecule has 6 rings (SSSR count). The highest BCUT2D eigenvalue weighted by atomic mass is 16.1. The molecule has 31 heavy (non-hydrogen) atoms. The van der Waals surface area contributed by atoms with Crippen LogP contribution >= 0.6 is 0 Å². The van der Waals surface area contributed by atoms with Gasteiger partial charge in [-0.05, 0) is 67.7 Å². The van der Waals surface area contributed by atoms with E-state index in [-0.39, 0.29) is 5.41 Å². The number of ketones is 1. The van der Waals surface area contributed by atoms with Crippen LogP contribution in [0.4, 0.5) is 0 Å². The zero-order valence-corrected chi connectivity index (χ0v) is 17.5. The largest absolute Gasteiger partial charge is 0.346 e. The Morgan fingerprint density at radius 2 is 1.84 bits per heavy atom. The van der Waals surface area contributed by atoms with Gasteiger partial charge in [0, 0.05) is 64.3 Å². The molecular weight excluding hydrogens is 384 g/mol. The van der Waals surface area contributed by atoms with Gasteiger partial charge < -0.3 is 10.3 Å². The van der Waals surface area contributed by atoms with Gasteiger partial charge in [-0.15, -0.1) is 0 Å². The Morgan fingerprint density at radius 1 is 0.968 bits per heavy atom. The summed E-state index contributed by atoms with van der Waals surface area (Å²) in [5.41, 5.74) is 8.61. The minimum absolute atomic E-state index is 0.00395. The molecule has 0 unspecified atom stereocenters. The van der Waals surface area contributed by atoms with Gasteiger partial charge >= 0.3 is 0 Å². The van der Waals surface area contributed by atoms with Crippen molar-refractivity contribution < 1.29 is 4.79 Å². The normalized spacial score (nSPS) is 17.4. The first-order valence-electron chi connectivity index (χ1n) is 10.9. The van der Waals surface area contributed by atoms with Crippen molar-refractivity contribution in [2.45, 2.75) is 31.6 Å². The highest BCUT2D eigenvalue weighted by molar-refractivity contribution is 6.04. The van der Waals surface area contributed by atoms with Gasteiger partial charge in [0.05, 0.1) is 0 Å². The second kappa shape index (κ2) is 6.86. The topological polar surface area (TPSA) is 70.7 Å². The number of nitrogens with one attached hydrogen (secondary N) is 2. The maximum Gasteiger partial charge on any atom is 0.164 e. The number of piperidine rings is 1. The fourth-order valence-corrected chi connectivity index (χ4v) is 5.40. The Balaban J connectivity index is 1.49. The fourth-order valence-electron chi connectivity index (χ4n) is 5.40. The van der Waals surface area contributed by atoms with Crippen molar-refractivity contribution in [2.75, 3.05) is 13.1 Å². The molecule has 0 amide bonds. The molecule has 5 nitrogen and oxygen atoms in total. The van der Waals surface area contributed by atoms with Crippen LogP contribution in [0.5, 0.6) is 0 Å². The number of rotatable bonds is 2. The average molecular weight is 409 g/mol. The van der Waals surface area contributed by atoms with E-state index in [0.29, 0.717) is 12.2 Å². The van der Waals surface area contributed by atoms with Crippen LogP contribution in [0.15, 0.2) is 55.1 Å². The van der Waals surface area contributed by atoms with Crippen LogP contribution in [0, 0.1) is 6.92 Å². The predicted molar refractivity (Wildman–Crippen MR) is 122 cm³/mol. The lowest BCUT2D eigenvalue weighted by Gasteiger charge is -2.34. The zero-order valence-electron chi connectivity index (χ0n) is 17.5. The molecule has 3 aromatic heterocycles. The van der Waals surface area contributed by atoms with E-state index in [1.807, 2.05) is 36.9 Å². The molecule has 1 aromatic carbocycles. The Morgan fingerprint density at radius 3 is 2.68 bits per heavy atom. The van der Waals surface area contributed by atoms with Crippen LogP contribution in [0.3, 0.4) is 0 Å². The van der Waals surface area contributed by atoms with Gasteiger partial charge in [-0.25, -0.2) is 4.98 Å². The van der Waals surface area contributed by atoms with Crippen LogP contribution in [0.25, 0.3) is 33.3 Å². The van der Waals surface area contributed by atoms with Gasteiger partial charge in [0.1, 0.15) is 5.65 Å². The smallest absolute Gasteiger partial charge is 0.164 e. The second-order valence-corrected chi connectivity index (χ2v) is 8.90. The Hall–Kier alpha value is -3.31. The number of fused-ring (bicyclic) bond motifs is 3. The summed E-state index contributed by atoms with van der Waals surface area (Å²) in [6.07, 6.45) is 10.3. The molecule has 1 saturated heterocycles. The number of H-pyrrole nitrogens is 1. The summed E-state index contributed by atoms with van der Waals surface area (Å²) in [7, 11) is 0. The Kier molecular flexibility index (Phi) is 4.08. The number of nitrogens with zero attached hydrogens (tertiary/aromatic N) is 2. The number of hydrogen-bond acceptors (Lipinski definition) is 4. The minimum atomic E-state index is -0.00395. The summed E-state index contributed by atoms with van der Waals surface area (Å²) in [4.78, 5) is 25.0. The number of aromatic nitrogens is 3. The molecule has 1 aliphatic heterocycles. The lowest BCUT2D eigenvalue weighted by molar-refractivity contribution is 0.0964. The number of carbonyl (C=O) groups is 1. The van der Waals surface area contributed by atoms with Crippen molar-refractivity contribution in [2.24, 2.45) is 0 Å². The summed E-state index contributed by atoms with van der Waals surface area (Å²) >= 11 is 0. The third kappa shape index (κ3) is 2.84. The predicted octanol–water partition coefficient (Wildman–Crippen LogP) is 4.81. The zero-order chi connectivity index (χ0) is 21.0. The molecule has 1 fully saturated rings. The van der Waals surface area contributed by atoms with Crippen LogP contribution in [-0.4, -0.2) is 33.8 Å². The molecule has 0 saturated carbocycles. The summed E-state index contributed by atoms with van der Waals surface area (Å²) in [5, 5.41) is 4.53. The molecule has 5 heteroatoms. The van der Waals surface area contributed by atoms with E-state index in [4.69, 9.17) is 0 Å². The molecule has 1 aliphatic carbocycles. The third-order valence-corrected chi connectivity index (χ3v) is 7.14. The van der Waals surface area contributed by atoms with E-state index in [0.717, 1.165) is 64.8 Å². The van der Waals surface area contributed by atoms with Crippen molar-refractivity contribution in [1.29, 1.82) is 0 Å². The second-order valence-electron chi connectivity index (χ2n) is 8.90. The number of benzene rings is 1. The number of hydrogen-bond donors (Lipinski definition) is 2. The Labute approximate surface area is 180 Å². The van der Waals surface area contributed by atoms with E-state index in [1.54, 1.807) is 0 Å². The van der Waals surface area contributed by atoms with Crippen molar-refractivity contribution in [1.82, 2.24) is 20.3 Å². The SMILES string of the molecule is Cc1ccncc1-c1cnc2[nH]cc(-c3ccc4c(c3)C3(CCNCC3)CC4=O)c2c1. The van der Waals surface area contributed by atoms with E-state index in [9.17, 15) is 4.79 Å². The number of aromatic amines is 1. The van der Waals surface area contributed by atoms with Crippen LogP contribution in [0.2, 0.25) is 0 Å². The van der Waals surface area contributed by atoms with Crippen molar-refractivity contribution in [3.8, 4) is 22.3 Å². The lowest BCUT2D eigenvalue weighted by Crippen LogP contribution is -2.38. The van der Waals surface area contributed by atoms with Gasteiger partial charge in [0.25, 0.3) is 0 Å². The van der Waals surface area contributed by atoms with E-state index in [2.05, 4.69) is 45.4 Å². The fraction of sp³-hybridized carbons (Fsp3) is 0.269. The van der Waals surface area contributed by atoms with Gasteiger partial charge in [0.15, 0.2) is 5.78 Å². The average Bonchev–Trinajstić information content (AvgIpc) is 3.33. The first-order chi connectivity index (χ1) is 15.1. The number of Topliss-reactive ketones (excluding diaryl/α,β-unsaturated/α-hetero) is 1. The number of pyridine rings is 2. The molecule has 1 spiro atoms. The van der Waals surface area contributed by atoms with Gasteiger partial charge in [-0.1, -0.05) is 12.1 Å². The molecule has 4 aromatic rings. The van der Waals surface area contributed by atoms with Crippen LogP contribution < -0.4 is 5.32 Å². The van der Waals surface area contributed by atoms with Gasteiger partial charge in [-0.3, -0.25) is 9.78 Å². The quantitative estimate of drug-likeness (QED) is 0.499. The number of carbonyl (C=O) groups excluding carboxylic acids is 1. The third-order valence-electron chi connectivity index (χ3n) is 7.14. The first kappa shape index (κ1) is 18.5. The van der Waals surface area contributed by atoms with Gasteiger partial charge in [0.2, 0.25) is 0 Å². The van der Waals surface area contributed by atoms with Gasteiger partial charge in [-0.2, -0.15) is 0 Å². The summed E-state index contributed by atoms with van der Waals surface area (Å²) in [6.45, 7) is 4.04. The molecule has 154 valence electrons. The van der Waals surface area contributed by atoms with E-state index in [1.165, 1.54) is 11.1 Å². The van der Waals surface area contributed by atoms with Crippen molar-refractivity contribution >= 4 is 16.8 Å². The van der Waals surface area contributed by atoms with Crippen molar-refractivity contribution in [3.63, 3.8) is 0 Å². The molecule has 2 N–H and O–H groups in total. The molecular formula is C26H24N4O. The maximum absolute atomic E-state index is 12.7. The van der Waals surface area contributed by atoms with Crippen molar-refractivity contribution in [3.05, 3.63) is 71.8 Å². The lowest BCUT2D eigenvalue weighted by atomic mass is 9.74. The standard InChI is InChI=1S/C26H24N4O/c1-16-4-7-28-14-21(16)18-10-20-22(15-30-25(20)29-13-18)17-2-3-19-23(11-17)26(12-24(19)31)5-8-27-9-6-26/h2-4,7,10-11,13-15,27H,5-6,8-9,12H2,1H3,(H,29,30). The Bertz CT molecular complexity index is 1330. The molecule has 2 aliphatic rings. The summed E-state index contributed by atoms with van der Waals surface area (Å²) in [5.74, 6) is 0.290. The number of aryl methyl sites for hydroxylation is 1. The summed E-state index contributed by atoms with van der Waals surface area (Å²) < 4.78 is 0.